The molecule has 0 rings (SSSR count). The van der Waals surface area contributed by atoms with Gasteiger partial charge in [-0.15, -0.1) is 6.58 Å². The summed E-state index contributed by atoms with van der Waals surface area (Å²) in [5, 5.41) is -0.172. The Balaban J connectivity index is 6.29. The SMILES string of the molecule is C=C[C]([Si](C(C)C)(C(C)C)C(C)(C)C)S(=O)(=O)O. The maximum atomic E-state index is 11.7. The van der Waals surface area contributed by atoms with Crippen molar-refractivity contribution in [2.45, 2.75) is 64.6 Å². The van der Waals surface area contributed by atoms with Crippen LogP contribution in [0.3, 0.4) is 0 Å². The fraction of sp³-hybridized carbons (Fsp3) is 0.769. The first-order valence-electron chi connectivity index (χ1n) is 6.30. The Labute approximate surface area is 113 Å². The van der Waals surface area contributed by atoms with Crippen molar-refractivity contribution in [1.82, 2.24) is 0 Å². The first-order chi connectivity index (χ1) is 7.83. The molecule has 0 saturated carbocycles. The van der Waals surface area contributed by atoms with E-state index < -0.39 is 18.2 Å². The summed E-state index contributed by atoms with van der Waals surface area (Å²) < 4.78 is 33.1. The minimum Gasteiger partial charge on any atom is -0.285 e. The van der Waals surface area contributed by atoms with E-state index in [1.807, 2.05) is 27.7 Å². The van der Waals surface area contributed by atoms with Crippen molar-refractivity contribution in [2.75, 3.05) is 0 Å². The summed E-state index contributed by atoms with van der Waals surface area (Å²) >= 11 is 0. The van der Waals surface area contributed by atoms with Crippen LogP contribution in [0.15, 0.2) is 12.7 Å². The second kappa shape index (κ2) is 5.47. The number of rotatable bonds is 5. The van der Waals surface area contributed by atoms with Gasteiger partial charge in [-0.25, -0.2) is 0 Å². The van der Waals surface area contributed by atoms with Crippen LogP contribution in [0.5, 0.6) is 0 Å². The minimum atomic E-state index is -4.19. The van der Waals surface area contributed by atoms with Gasteiger partial charge in [-0.3, -0.25) is 4.55 Å². The molecule has 0 fully saturated rings. The zero-order chi connectivity index (χ0) is 14.9. The Bertz CT molecular complexity index is 383. The molecule has 0 bridgehead atoms. The first kappa shape index (κ1) is 17.9. The van der Waals surface area contributed by atoms with Crippen molar-refractivity contribution in [3.63, 3.8) is 0 Å². The van der Waals surface area contributed by atoms with Crippen LogP contribution < -0.4 is 0 Å². The van der Waals surface area contributed by atoms with Crippen LogP contribution in [0, 0.1) is 4.87 Å². The maximum Gasteiger partial charge on any atom is 0.273 e. The van der Waals surface area contributed by atoms with E-state index in [1.54, 1.807) is 0 Å². The molecule has 0 aromatic rings. The third-order valence-corrected chi connectivity index (χ3v) is 13.6. The lowest BCUT2D eigenvalue weighted by Gasteiger charge is -2.51. The first-order valence-corrected chi connectivity index (χ1v) is 9.90. The van der Waals surface area contributed by atoms with Gasteiger partial charge in [0.05, 0.1) is 8.07 Å². The highest BCUT2D eigenvalue weighted by Gasteiger charge is 2.58. The lowest BCUT2D eigenvalue weighted by molar-refractivity contribution is 0.487. The van der Waals surface area contributed by atoms with Gasteiger partial charge in [-0.05, 0) is 16.1 Å². The van der Waals surface area contributed by atoms with Crippen LogP contribution in [0.25, 0.3) is 0 Å². The molecule has 0 heterocycles. The van der Waals surface area contributed by atoms with E-state index in [0.29, 0.717) is 0 Å². The Morgan fingerprint density at radius 1 is 1.17 bits per heavy atom. The van der Waals surface area contributed by atoms with Crippen molar-refractivity contribution >= 4 is 18.2 Å². The van der Waals surface area contributed by atoms with Gasteiger partial charge in [-0.2, -0.15) is 8.42 Å². The third kappa shape index (κ3) is 2.88. The zero-order valence-electron chi connectivity index (χ0n) is 12.6. The molecule has 0 saturated heterocycles. The van der Waals surface area contributed by atoms with Crippen LogP contribution in [-0.4, -0.2) is 21.0 Å². The molecular formula is C13H27O3SSi. The van der Waals surface area contributed by atoms with E-state index in [9.17, 15) is 13.0 Å². The second-order valence-electron chi connectivity index (χ2n) is 6.47. The maximum absolute atomic E-state index is 11.7. The fourth-order valence-corrected chi connectivity index (χ4v) is 15.1. The molecule has 0 aromatic heterocycles. The van der Waals surface area contributed by atoms with Crippen molar-refractivity contribution < 1.29 is 13.0 Å². The quantitative estimate of drug-likeness (QED) is 0.610. The minimum absolute atomic E-state index is 0.172. The summed E-state index contributed by atoms with van der Waals surface area (Å²) in [5.41, 5.74) is 0.403. The van der Waals surface area contributed by atoms with E-state index in [0.717, 1.165) is 0 Å². The largest absolute Gasteiger partial charge is 0.285 e. The lowest BCUT2D eigenvalue weighted by Crippen LogP contribution is -2.56. The van der Waals surface area contributed by atoms with Crippen LogP contribution >= 0.6 is 0 Å². The molecule has 1 radical (unpaired) electrons. The van der Waals surface area contributed by atoms with E-state index in [-0.39, 0.29) is 21.0 Å². The Morgan fingerprint density at radius 2 is 1.50 bits per heavy atom. The van der Waals surface area contributed by atoms with Gasteiger partial charge in [-0.1, -0.05) is 54.5 Å². The summed E-state index contributed by atoms with van der Waals surface area (Å²) in [4.78, 5) is 0.174. The molecular weight excluding hydrogens is 264 g/mol. The summed E-state index contributed by atoms with van der Waals surface area (Å²) in [6.07, 6.45) is 1.35. The summed E-state index contributed by atoms with van der Waals surface area (Å²) in [5.74, 6) is 0. The van der Waals surface area contributed by atoms with Gasteiger partial charge in [0.25, 0.3) is 10.1 Å². The average molecular weight is 292 g/mol. The topological polar surface area (TPSA) is 54.4 Å². The van der Waals surface area contributed by atoms with Gasteiger partial charge in [0.15, 0.2) is 0 Å². The normalized spacial score (nSPS) is 14.6. The molecule has 0 unspecified atom stereocenters. The standard InChI is InChI=1S/C13H27O3SSi/c1-9-12(17(14,15)16)18(10(2)3,11(4)5)13(6,7)8/h9-11H,1H2,2-8H3,(H,14,15,16). The predicted octanol–water partition coefficient (Wildman–Crippen LogP) is 4.20. The van der Waals surface area contributed by atoms with E-state index in [1.165, 1.54) is 6.08 Å². The molecule has 0 aliphatic carbocycles. The molecule has 0 aromatic carbocycles. The molecule has 5 heteroatoms. The van der Waals surface area contributed by atoms with Crippen molar-refractivity contribution in [3.05, 3.63) is 17.5 Å². The molecule has 1 N–H and O–H groups in total. The highest BCUT2D eigenvalue weighted by molar-refractivity contribution is 7.91. The predicted molar refractivity (Wildman–Crippen MR) is 80.7 cm³/mol. The van der Waals surface area contributed by atoms with Gasteiger partial charge >= 0.3 is 0 Å². The Morgan fingerprint density at radius 3 is 1.56 bits per heavy atom. The van der Waals surface area contributed by atoms with Crippen LogP contribution in [0.2, 0.25) is 16.1 Å². The van der Waals surface area contributed by atoms with E-state index >= 15 is 0 Å². The molecule has 0 spiro atoms. The fourth-order valence-electron chi connectivity index (χ4n) is 3.82. The van der Waals surface area contributed by atoms with Crippen molar-refractivity contribution in [3.8, 4) is 0 Å². The second-order valence-corrected chi connectivity index (χ2v) is 14.3. The Hall–Kier alpha value is -0.133. The highest BCUT2D eigenvalue weighted by Crippen LogP contribution is 2.56. The van der Waals surface area contributed by atoms with Gasteiger partial charge in [0, 0.05) is 0 Å². The third-order valence-electron chi connectivity index (χ3n) is 3.93. The summed E-state index contributed by atoms with van der Waals surface area (Å²) in [6, 6.07) is 0. The highest BCUT2D eigenvalue weighted by atomic mass is 32.2. The van der Waals surface area contributed by atoms with Gasteiger partial charge in [0.1, 0.15) is 4.87 Å². The van der Waals surface area contributed by atoms with Gasteiger partial charge in [0.2, 0.25) is 0 Å². The van der Waals surface area contributed by atoms with Crippen molar-refractivity contribution in [2.24, 2.45) is 0 Å². The monoisotopic (exact) mass is 291 g/mol. The summed E-state index contributed by atoms with van der Waals surface area (Å²) in [6.45, 7) is 18.0. The molecule has 0 aliphatic heterocycles. The molecule has 18 heavy (non-hydrogen) atoms. The number of hydrogen-bond acceptors (Lipinski definition) is 2. The lowest BCUT2D eigenvalue weighted by atomic mass is 10.2. The molecule has 0 atom stereocenters. The van der Waals surface area contributed by atoms with Gasteiger partial charge < -0.3 is 0 Å². The van der Waals surface area contributed by atoms with E-state index in [2.05, 4.69) is 27.4 Å². The molecule has 3 nitrogen and oxygen atoms in total. The number of hydrogen-bond donors (Lipinski definition) is 1. The summed E-state index contributed by atoms with van der Waals surface area (Å²) in [7, 11) is -6.64. The average Bonchev–Trinajstić information content (AvgIpc) is 2.07. The van der Waals surface area contributed by atoms with Crippen LogP contribution in [-0.2, 0) is 10.1 Å². The molecule has 0 amide bonds. The van der Waals surface area contributed by atoms with Crippen LogP contribution in [0.1, 0.15) is 48.5 Å². The molecule has 0 aliphatic rings. The van der Waals surface area contributed by atoms with E-state index in [4.69, 9.17) is 0 Å². The zero-order valence-corrected chi connectivity index (χ0v) is 14.4. The van der Waals surface area contributed by atoms with Crippen molar-refractivity contribution in [1.29, 1.82) is 0 Å². The molecule has 107 valence electrons. The Kier molecular flexibility index (Phi) is 5.43. The smallest absolute Gasteiger partial charge is 0.273 e. The van der Waals surface area contributed by atoms with Crippen LogP contribution in [0.4, 0.5) is 0 Å².